The molecule has 0 atom stereocenters. The van der Waals surface area contributed by atoms with E-state index < -0.39 is 0 Å². The highest BCUT2D eigenvalue weighted by molar-refractivity contribution is 5.94. The van der Waals surface area contributed by atoms with E-state index in [1.165, 1.54) is 0 Å². The van der Waals surface area contributed by atoms with Crippen molar-refractivity contribution in [2.45, 2.75) is 25.3 Å². The number of rotatable bonds is 6. The molecule has 1 aliphatic carbocycles. The van der Waals surface area contributed by atoms with Gasteiger partial charge in [0.15, 0.2) is 0 Å². The lowest BCUT2D eigenvalue weighted by molar-refractivity contribution is 0.0951. The van der Waals surface area contributed by atoms with Crippen LogP contribution in [-0.2, 0) is 0 Å². The van der Waals surface area contributed by atoms with Gasteiger partial charge in [0.2, 0.25) is 0 Å². The molecule has 0 spiro atoms. The van der Waals surface area contributed by atoms with E-state index in [4.69, 9.17) is 0 Å². The van der Waals surface area contributed by atoms with Gasteiger partial charge in [0.05, 0.1) is 0 Å². The second-order valence-electron chi connectivity index (χ2n) is 4.66. The highest BCUT2D eigenvalue weighted by atomic mass is 16.1. The Morgan fingerprint density at radius 1 is 1.33 bits per heavy atom. The van der Waals surface area contributed by atoms with Crippen LogP contribution in [-0.4, -0.2) is 25.5 Å². The molecule has 2 N–H and O–H groups in total. The second-order valence-corrected chi connectivity index (χ2v) is 4.66. The number of nitrogens with one attached hydrogen (secondary N) is 2. The Balaban J connectivity index is 1.87. The minimum absolute atomic E-state index is 0.0446. The monoisotopic (exact) mass is 244 g/mol. The van der Waals surface area contributed by atoms with E-state index in [-0.39, 0.29) is 5.91 Å². The van der Waals surface area contributed by atoms with Crippen molar-refractivity contribution in [1.29, 1.82) is 0 Å². The van der Waals surface area contributed by atoms with Crippen molar-refractivity contribution in [3.05, 3.63) is 41.5 Å². The summed E-state index contributed by atoms with van der Waals surface area (Å²) in [5, 5.41) is 6.08. The zero-order valence-electron chi connectivity index (χ0n) is 10.8. The second kappa shape index (κ2) is 6.36. The largest absolute Gasteiger partial charge is 0.349 e. The summed E-state index contributed by atoms with van der Waals surface area (Å²) in [5.74, 6) is 0.0446. The topological polar surface area (TPSA) is 41.1 Å². The average molecular weight is 244 g/mol. The minimum atomic E-state index is 0.0446. The van der Waals surface area contributed by atoms with Gasteiger partial charge < -0.3 is 10.6 Å². The molecule has 0 aliphatic heterocycles. The molecule has 2 rings (SSSR count). The van der Waals surface area contributed by atoms with Crippen LogP contribution in [0.3, 0.4) is 0 Å². The third-order valence-electron chi connectivity index (χ3n) is 2.96. The van der Waals surface area contributed by atoms with E-state index in [1.54, 1.807) is 0 Å². The van der Waals surface area contributed by atoms with Gasteiger partial charge in [-0.15, -0.1) is 0 Å². The Morgan fingerprint density at radius 3 is 2.67 bits per heavy atom. The summed E-state index contributed by atoms with van der Waals surface area (Å²) in [7, 11) is 1.95. The molecule has 1 fully saturated rings. The van der Waals surface area contributed by atoms with Crippen molar-refractivity contribution in [3.63, 3.8) is 0 Å². The van der Waals surface area contributed by atoms with E-state index in [9.17, 15) is 4.79 Å². The van der Waals surface area contributed by atoms with Crippen LogP contribution in [0.2, 0.25) is 0 Å². The van der Waals surface area contributed by atoms with Crippen LogP contribution in [0.5, 0.6) is 0 Å². The van der Waals surface area contributed by atoms with Crippen molar-refractivity contribution in [2.24, 2.45) is 0 Å². The number of hydrogen-bond donors (Lipinski definition) is 2. The Kier molecular flexibility index (Phi) is 4.53. The van der Waals surface area contributed by atoms with Crippen molar-refractivity contribution in [1.82, 2.24) is 10.6 Å². The Bertz CT molecular complexity index is 419. The maximum atomic E-state index is 11.8. The summed E-state index contributed by atoms with van der Waals surface area (Å²) in [6.07, 6.45) is 7.48. The van der Waals surface area contributed by atoms with Gasteiger partial charge in [-0.25, -0.2) is 0 Å². The summed E-state index contributed by atoms with van der Waals surface area (Å²) >= 11 is 0. The molecule has 1 amide bonds. The van der Waals surface area contributed by atoms with Crippen molar-refractivity contribution in [2.75, 3.05) is 13.6 Å². The van der Waals surface area contributed by atoms with Gasteiger partial charge >= 0.3 is 0 Å². The van der Waals surface area contributed by atoms with Gasteiger partial charge in [-0.3, -0.25) is 4.79 Å². The van der Waals surface area contributed by atoms with E-state index >= 15 is 0 Å². The van der Waals surface area contributed by atoms with Crippen LogP contribution in [0.4, 0.5) is 0 Å². The molecule has 3 nitrogen and oxygen atoms in total. The lowest BCUT2D eigenvalue weighted by atomic mass is 10.1. The average Bonchev–Trinajstić information content (AvgIpc) is 3.19. The van der Waals surface area contributed by atoms with Crippen molar-refractivity contribution in [3.8, 4) is 0 Å². The molecule has 1 aliphatic rings. The quantitative estimate of drug-likeness (QED) is 0.753. The van der Waals surface area contributed by atoms with E-state index in [2.05, 4.69) is 22.8 Å². The van der Waals surface area contributed by atoms with Gasteiger partial charge in [0.1, 0.15) is 0 Å². The van der Waals surface area contributed by atoms with Crippen LogP contribution < -0.4 is 10.6 Å². The lowest BCUT2D eigenvalue weighted by Crippen LogP contribution is -2.25. The molecule has 0 unspecified atom stereocenters. The van der Waals surface area contributed by atoms with Crippen molar-refractivity contribution < 1.29 is 4.79 Å². The van der Waals surface area contributed by atoms with Crippen LogP contribution in [0.25, 0.3) is 6.08 Å². The highest BCUT2D eigenvalue weighted by Crippen LogP contribution is 2.19. The first kappa shape index (κ1) is 12.8. The molecule has 0 saturated heterocycles. The molecule has 0 radical (unpaired) electrons. The van der Waals surface area contributed by atoms with E-state index in [1.807, 2.05) is 31.3 Å². The zero-order chi connectivity index (χ0) is 12.8. The SMILES string of the molecule is CNCCC=Cc1ccc(C(=O)NC2CC2)cc1. The third-order valence-corrected chi connectivity index (χ3v) is 2.96. The number of hydrogen-bond acceptors (Lipinski definition) is 2. The van der Waals surface area contributed by atoms with Crippen LogP contribution >= 0.6 is 0 Å². The predicted molar refractivity (Wildman–Crippen MR) is 74.5 cm³/mol. The maximum Gasteiger partial charge on any atom is 0.251 e. The van der Waals surface area contributed by atoms with Gasteiger partial charge in [-0.05, 0) is 50.6 Å². The molecular weight excluding hydrogens is 224 g/mol. The normalized spacial score (nSPS) is 14.9. The maximum absolute atomic E-state index is 11.8. The van der Waals surface area contributed by atoms with Crippen LogP contribution in [0, 0.1) is 0 Å². The summed E-state index contributed by atoms with van der Waals surface area (Å²) in [6, 6.07) is 8.15. The third kappa shape index (κ3) is 4.00. The van der Waals surface area contributed by atoms with Gasteiger partial charge in [-0.2, -0.15) is 0 Å². The fourth-order valence-electron chi connectivity index (χ4n) is 1.69. The first-order chi connectivity index (χ1) is 8.79. The number of carbonyl (C=O) groups excluding carboxylic acids is 1. The molecule has 1 saturated carbocycles. The van der Waals surface area contributed by atoms with E-state index in [0.29, 0.717) is 6.04 Å². The molecule has 1 aromatic rings. The first-order valence-electron chi connectivity index (χ1n) is 6.51. The van der Waals surface area contributed by atoms with Crippen LogP contribution in [0.15, 0.2) is 30.3 Å². The van der Waals surface area contributed by atoms with Gasteiger partial charge in [0, 0.05) is 11.6 Å². The minimum Gasteiger partial charge on any atom is -0.349 e. The molecule has 1 aromatic carbocycles. The molecule has 96 valence electrons. The molecule has 0 aromatic heterocycles. The number of carbonyl (C=O) groups is 1. The molecule has 18 heavy (non-hydrogen) atoms. The first-order valence-corrected chi connectivity index (χ1v) is 6.51. The summed E-state index contributed by atoms with van der Waals surface area (Å²) in [4.78, 5) is 11.8. The van der Waals surface area contributed by atoms with Gasteiger partial charge in [-0.1, -0.05) is 24.3 Å². The van der Waals surface area contributed by atoms with Gasteiger partial charge in [0.25, 0.3) is 5.91 Å². The van der Waals surface area contributed by atoms with Crippen molar-refractivity contribution >= 4 is 12.0 Å². The summed E-state index contributed by atoms with van der Waals surface area (Å²) in [5.41, 5.74) is 1.88. The Labute approximate surface area is 108 Å². The lowest BCUT2D eigenvalue weighted by Gasteiger charge is -2.03. The van der Waals surface area contributed by atoms with Crippen LogP contribution in [0.1, 0.15) is 35.2 Å². The van der Waals surface area contributed by atoms with E-state index in [0.717, 1.165) is 36.9 Å². The number of benzene rings is 1. The standard InChI is InChI=1S/C15H20N2O/c1-16-11-3-2-4-12-5-7-13(8-6-12)15(18)17-14-9-10-14/h2,4-8,14,16H,3,9-11H2,1H3,(H,17,18). The fraction of sp³-hybridized carbons (Fsp3) is 0.400. The predicted octanol–water partition coefficient (Wildman–Crippen LogP) is 2.20. The highest BCUT2D eigenvalue weighted by Gasteiger charge is 2.23. The molecule has 3 heteroatoms. The molecule has 0 heterocycles. The zero-order valence-corrected chi connectivity index (χ0v) is 10.8. The smallest absolute Gasteiger partial charge is 0.251 e. The Morgan fingerprint density at radius 2 is 2.06 bits per heavy atom. The Hall–Kier alpha value is -1.61. The fourth-order valence-corrected chi connectivity index (χ4v) is 1.69. The summed E-state index contributed by atoms with van der Waals surface area (Å²) < 4.78 is 0. The number of amides is 1. The molecular formula is C15H20N2O. The summed E-state index contributed by atoms with van der Waals surface area (Å²) in [6.45, 7) is 0.985. The molecule has 0 bridgehead atoms.